The maximum Gasteiger partial charge on any atom is 0.234 e. The van der Waals surface area contributed by atoms with Gasteiger partial charge >= 0.3 is 0 Å². The molecule has 1 atom stereocenters. The second-order valence-corrected chi connectivity index (χ2v) is 10.7. The van der Waals surface area contributed by atoms with Crippen molar-refractivity contribution in [1.82, 2.24) is 0 Å². The van der Waals surface area contributed by atoms with Crippen LogP contribution in [0.25, 0.3) is 5.57 Å². The van der Waals surface area contributed by atoms with Crippen LogP contribution in [0.2, 0.25) is 5.02 Å². The SMILES string of the molecule is C=C1C(C(C)=O)=C([S+]([O-])Cc2ccc(C(C)(C)C)cc2)Nc2c(Br)ccc(Cl)c21. The Labute approximate surface area is 188 Å². The molecule has 1 aliphatic rings. The van der Waals surface area contributed by atoms with E-state index in [2.05, 4.69) is 60.7 Å². The monoisotopic (exact) mass is 491 g/mol. The van der Waals surface area contributed by atoms with Crippen LogP contribution in [0, 0.1) is 0 Å². The molecule has 0 aromatic heterocycles. The molecule has 6 heteroatoms. The largest absolute Gasteiger partial charge is 0.610 e. The topological polar surface area (TPSA) is 52.2 Å². The van der Waals surface area contributed by atoms with E-state index in [1.54, 1.807) is 6.07 Å². The highest BCUT2D eigenvalue weighted by Crippen LogP contribution is 2.45. The van der Waals surface area contributed by atoms with Crippen molar-refractivity contribution in [3.63, 3.8) is 0 Å². The Balaban J connectivity index is 1.97. The predicted molar refractivity (Wildman–Crippen MR) is 127 cm³/mol. The molecule has 29 heavy (non-hydrogen) atoms. The summed E-state index contributed by atoms with van der Waals surface area (Å²) in [6.07, 6.45) is 0. The number of ketones is 1. The summed E-state index contributed by atoms with van der Waals surface area (Å²) in [5, 5.41) is 4.05. The van der Waals surface area contributed by atoms with E-state index in [4.69, 9.17) is 11.6 Å². The van der Waals surface area contributed by atoms with Crippen LogP contribution in [-0.4, -0.2) is 10.3 Å². The van der Waals surface area contributed by atoms with Gasteiger partial charge in [0.15, 0.2) is 5.78 Å². The summed E-state index contributed by atoms with van der Waals surface area (Å²) in [6, 6.07) is 11.7. The van der Waals surface area contributed by atoms with E-state index in [1.807, 2.05) is 18.2 Å². The molecule has 0 radical (unpaired) electrons. The molecule has 0 spiro atoms. The number of nitrogens with one attached hydrogen (secondary N) is 1. The van der Waals surface area contributed by atoms with Crippen molar-refractivity contribution in [3.05, 3.63) is 79.8 Å². The Morgan fingerprint density at radius 1 is 1.21 bits per heavy atom. The maximum atomic E-state index is 13.3. The summed E-state index contributed by atoms with van der Waals surface area (Å²) in [5.41, 5.74) is 4.37. The lowest BCUT2D eigenvalue weighted by molar-refractivity contribution is -0.113. The van der Waals surface area contributed by atoms with Crippen molar-refractivity contribution in [1.29, 1.82) is 0 Å². The first-order valence-electron chi connectivity index (χ1n) is 9.18. The van der Waals surface area contributed by atoms with Crippen LogP contribution in [0.15, 0.2) is 58.1 Å². The van der Waals surface area contributed by atoms with Gasteiger partial charge in [-0.25, -0.2) is 0 Å². The first-order valence-corrected chi connectivity index (χ1v) is 11.7. The first kappa shape index (κ1) is 22.2. The summed E-state index contributed by atoms with van der Waals surface area (Å²) in [6.45, 7) is 12.0. The average molecular weight is 493 g/mol. The molecule has 1 heterocycles. The molecule has 0 bridgehead atoms. The molecule has 1 aliphatic heterocycles. The van der Waals surface area contributed by atoms with Gasteiger partial charge in [0.1, 0.15) is 5.75 Å². The number of Topliss-reactive ketones (excluding diaryl/α,β-unsaturated/α-hetero) is 1. The van der Waals surface area contributed by atoms with Crippen molar-refractivity contribution in [2.45, 2.75) is 38.9 Å². The minimum Gasteiger partial charge on any atom is -0.610 e. The Bertz CT molecular complexity index is 1020. The van der Waals surface area contributed by atoms with Crippen molar-refractivity contribution < 1.29 is 9.35 Å². The zero-order chi connectivity index (χ0) is 21.5. The highest BCUT2D eigenvalue weighted by molar-refractivity contribution is 9.10. The summed E-state index contributed by atoms with van der Waals surface area (Å²) < 4.78 is 14.0. The zero-order valence-corrected chi connectivity index (χ0v) is 20.0. The highest BCUT2D eigenvalue weighted by Gasteiger charge is 2.34. The van der Waals surface area contributed by atoms with Crippen LogP contribution in [0.5, 0.6) is 0 Å². The van der Waals surface area contributed by atoms with Gasteiger partial charge in [-0.1, -0.05) is 63.2 Å². The number of fused-ring (bicyclic) bond motifs is 1. The molecule has 1 unspecified atom stereocenters. The molecular formula is C23H23BrClNO2S. The molecule has 3 nitrogen and oxygen atoms in total. The van der Waals surface area contributed by atoms with E-state index in [-0.39, 0.29) is 11.2 Å². The van der Waals surface area contributed by atoms with Crippen LogP contribution >= 0.6 is 27.5 Å². The molecule has 0 aliphatic carbocycles. The predicted octanol–water partition coefficient (Wildman–Crippen LogP) is 6.59. The Kier molecular flexibility index (Phi) is 6.35. The average Bonchev–Trinajstić information content (AvgIpc) is 2.63. The van der Waals surface area contributed by atoms with Crippen LogP contribution in [0.3, 0.4) is 0 Å². The summed E-state index contributed by atoms with van der Waals surface area (Å²) in [5.74, 6) is 0.0975. The van der Waals surface area contributed by atoms with E-state index >= 15 is 0 Å². The normalized spacial score (nSPS) is 15.1. The second-order valence-electron chi connectivity index (χ2n) is 8.08. The van der Waals surface area contributed by atoms with Gasteiger partial charge < -0.3 is 9.87 Å². The van der Waals surface area contributed by atoms with Gasteiger partial charge in [0.2, 0.25) is 5.03 Å². The van der Waals surface area contributed by atoms with Crippen LogP contribution < -0.4 is 5.32 Å². The van der Waals surface area contributed by atoms with Gasteiger partial charge in [-0.3, -0.25) is 4.79 Å². The maximum absolute atomic E-state index is 13.3. The fourth-order valence-corrected chi connectivity index (χ4v) is 5.33. The standard InChI is InChI=1S/C23H23BrClNO2S/c1-13-19(14(2)27)22(26-21-17(24)10-11-18(25)20(13)21)29(28)12-15-6-8-16(9-7-15)23(3,4)5/h6-11,26H,1,12H2,2-5H3. The van der Waals surface area contributed by atoms with E-state index in [9.17, 15) is 9.35 Å². The van der Waals surface area contributed by atoms with Gasteiger partial charge in [-0.05, 0) is 51.5 Å². The molecule has 2 aromatic carbocycles. The molecule has 0 saturated carbocycles. The minimum atomic E-state index is -1.46. The molecule has 0 fully saturated rings. The van der Waals surface area contributed by atoms with Crippen LogP contribution in [0.4, 0.5) is 5.69 Å². The lowest BCUT2D eigenvalue weighted by Crippen LogP contribution is -2.24. The smallest absolute Gasteiger partial charge is 0.234 e. The van der Waals surface area contributed by atoms with Gasteiger partial charge in [0.05, 0.1) is 16.3 Å². The number of hydrogen-bond donors (Lipinski definition) is 1. The number of hydrogen-bond acceptors (Lipinski definition) is 3. The summed E-state index contributed by atoms with van der Waals surface area (Å²) in [4.78, 5) is 12.4. The second kappa shape index (κ2) is 8.31. The molecule has 152 valence electrons. The van der Waals surface area contributed by atoms with Gasteiger partial charge in [-0.15, -0.1) is 0 Å². The van der Waals surface area contributed by atoms with Crippen molar-refractivity contribution >= 4 is 55.8 Å². The van der Waals surface area contributed by atoms with Crippen molar-refractivity contribution in [2.75, 3.05) is 5.32 Å². The third-order valence-electron chi connectivity index (χ3n) is 4.87. The number of anilines is 1. The molecule has 3 rings (SSSR count). The molecule has 0 amide bonds. The summed E-state index contributed by atoms with van der Waals surface area (Å²) in [7, 11) is 0. The van der Waals surface area contributed by atoms with Crippen LogP contribution in [0.1, 0.15) is 44.4 Å². The molecule has 0 saturated heterocycles. The third kappa shape index (κ3) is 4.48. The number of allylic oxidation sites excluding steroid dienone is 2. The number of benzene rings is 2. The quantitative estimate of drug-likeness (QED) is 0.490. The fraction of sp³-hybridized carbons (Fsp3) is 0.261. The zero-order valence-electron chi connectivity index (χ0n) is 16.9. The van der Waals surface area contributed by atoms with Crippen LogP contribution in [-0.2, 0) is 27.1 Å². The van der Waals surface area contributed by atoms with E-state index in [0.717, 1.165) is 10.0 Å². The number of carbonyl (C=O) groups is 1. The van der Waals surface area contributed by atoms with Gasteiger partial charge in [0.25, 0.3) is 0 Å². The Morgan fingerprint density at radius 3 is 2.38 bits per heavy atom. The van der Waals surface area contributed by atoms with Crippen molar-refractivity contribution in [3.8, 4) is 0 Å². The van der Waals surface area contributed by atoms with E-state index in [1.165, 1.54) is 12.5 Å². The number of rotatable bonds is 4. The van der Waals surface area contributed by atoms with E-state index in [0.29, 0.717) is 38.2 Å². The van der Waals surface area contributed by atoms with Gasteiger partial charge in [-0.2, -0.15) is 0 Å². The lowest BCUT2D eigenvalue weighted by atomic mass is 9.87. The number of halogens is 2. The fourth-order valence-electron chi connectivity index (χ4n) is 3.27. The summed E-state index contributed by atoms with van der Waals surface area (Å²) >= 11 is 8.40. The lowest BCUT2D eigenvalue weighted by Gasteiger charge is -2.27. The Morgan fingerprint density at radius 2 is 1.83 bits per heavy atom. The Hall–Kier alpha value is -1.53. The molecule has 1 N–H and O–H groups in total. The highest BCUT2D eigenvalue weighted by atomic mass is 79.9. The van der Waals surface area contributed by atoms with E-state index < -0.39 is 11.2 Å². The van der Waals surface area contributed by atoms with Crippen molar-refractivity contribution in [2.24, 2.45) is 0 Å². The number of carbonyl (C=O) groups excluding carboxylic acids is 1. The minimum absolute atomic E-state index is 0.0555. The third-order valence-corrected chi connectivity index (χ3v) is 7.20. The first-order chi connectivity index (χ1) is 13.5. The molecular weight excluding hydrogens is 470 g/mol. The van der Waals surface area contributed by atoms with Gasteiger partial charge in [0, 0.05) is 26.8 Å². The molecule has 2 aromatic rings.